The number of nitrogens with one attached hydrogen (secondary N) is 1. The van der Waals surface area contributed by atoms with Crippen LogP contribution in [0.4, 0.5) is 0 Å². The van der Waals surface area contributed by atoms with Gasteiger partial charge in [-0.15, -0.1) is 0 Å². The lowest BCUT2D eigenvalue weighted by atomic mass is 9.80. The maximum absolute atomic E-state index is 6.29. The number of hydrogen-bond donors (Lipinski definition) is 1. The second-order valence-electron chi connectivity index (χ2n) is 6.10. The van der Waals surface area contributed by atoms with E-state index in [-0.39, 0.29) is 5.41 Å². The molecule has 1 aromatic carbocycles. The van der Waals surface area contributed by atoms with Gasteiger partial charge < -0.3 is 10.1 Å². The normalized spacial score (nSPS) is 23.2. The molecule has 0 saturated carbocycles. The van der Waals surface area contributed by atoms with Gasteiger partial charge in [0.25, 0.3) is 0 Å². The molecule has 1 fully saturated rings. The van der Waals surface area contributed by atoms with E-state index >= 15 is 0 Å². The van der Waals surface area contributed by atoms with Gasteiger partial charge in [-0.05, 0) is 36.9 Å². The van der Waals surface area contributed by atoms with Gasteiger partial charge in [0, 0.05) is 23.6 Å². The molecule has 1 aromatic rings. The zero-order valence-corrected chi connectivity index (χ0v) is 12.7. The van der Waals surface area contributed by atoms with Crippen LogP contribution in [0.3, 0.4) is 0 Å². The summed E-state index contributed by atoms with van der Waals surface area (Å²) >= 11 is 6.29. The van der Waals surface area contributed by atoms with E-state index in [1.807, 2.05) is 12.1 Å². The maximum atomic E-state index is 6.29. The van der Waals surface area contributed by atoms with Crippen LogP contribution in [-0.2, 0) is 11.2 Å². The molecule has 1 unspecified atom stereocenters. The van der Waals surface area contributed by atoms with Gasteiger partial charge >= 0.3 is 0 Å². The molecule has 19 heavy (non-hydrogen) atoms. The zero-order chi connectivity index (χ0) is 13.7. The van der Waals surface area contributed by atoms with E-state index < -0.39 is 0 Å². The summed E-state index contributed by atoms with van der Waals surface area (Å²) in [7, 11) is 0. The first-order valence-electron chi connectivity index (χ1n) is 7.13. The maximum Gasteiger partial charge on any atom is 0.0538 e. The molecule has 0 spiro atoms. The first kappa shape index (κ1) is 14.8. The number of ether oxygens (including phenoxy) is 1. The summed E-state index contributed by atoms with van der Waals surface area (Å²) in [6.45, 7) is 8.25. The fourth-order valence-corrected chi connectivity index (χ4v) is 2.87. The zero-order valence-electron chi connectivity index (χ0n) is 11.9. The summed E-state index contributed by atoms with van der Waals surface area (Å²) in [4.78, 5) is 0. The number of halogens is 1. The van der Waals surface area contributed by atoms with Crippen molar-refractivity contribution in [2.24, 2.45) is 11.3 Å². The van der Waals surface area contributed by atoms with Crippen molar-refractivity contribution in [2.75, 3.05) is 26.3 Å². The number of benzene rings is 1. The summed E-state index contributed by atoms with van der Waals surface area (Å²) in [5.74, 6) is 0.680. The summed E-state index contributed by atoms with van der Waals surface area (Å²) in [5.41, 5.74) is 1.45. The molecule has 1 aliphatic rings. The van der Waals surface area contributed by atoms with Gasteiger partial charge in [-0.1, -0.05) is 43.6 Å². The molecule has 0 aromatic heterocycles. The van der Waals surface area contributed by atoms with Crippen molar-refractivity contribution in [1.82, 2.24) is 5.32 Å². The van der Waals surface area contributed by atoms with Crippen LogP contribution in [0, 0.1) is 11.3 Å². The Bertz CT molecular complexity index is 399. The predicted octanol–water partition coefficient (Wildman–Crippen LogP) is 3.53. The smallest absolute Gasteiger partial charge is 0.0538 e. The van der Waals surface area contributed by atoms with Gasteiger partial charge in [-0.2, -0.15) is 0 Å². The SMILES string of the molecule is CC(C)CNCC1(Cc2ccccc2Cl)CCOC1. The molecule has 0 bridgehead atoms. The lowest BCUT2D eigenvalue weighted by molar-refractivity contribution is 0.149. The van der Waals surface area contributed by atoms with Gasteiger partial charge in [0.2, 0.25) is 0 Å². The highest BCUT2D eigenvalue weighted by Gasteiger charge is 2.35. The van der Waals surface area contributed by atoms with Gasteiger partial charge in [0.05, 0.1) is 6.61 Å². The van der Waals surface area contributed by atoms with Crippen molar-refractivity contribution in [3.05, 3.63) is 34.9 Å². The van der Waals surface area contributed by atoms with Crippen molar-refractivity contribution in [3.63, 3.8) is 0 Å². The Hall–Kier alpha value is -0.570. The highest BCUT2D eigenvalue weighted by molar-refractivity contribution is 6.31. The molecular weight excluding hydrogens is 258 g/mol. The Morgan fingerprint density at radius 2 is 2.16 bits per heavy atom. The van der Waals surface area contributed by atoms with E-state index in [2.05, 4.69) is 31.3 Å². The number of hydrogen-bond acceptors (Lipinski definition) is 2. The highest BCUT2D eigenvalue weighted by atomic mass is 35.5. The van der Waals surface area contributed by atoms with E-state index in [0.717, 1.165) is 44.2 Å². The largest absolute Gasteiger partial charge is 0.381 e. The van der Waals surface area contributed by atoms with Gasteiger partial charge in [-0.3, -0.25) is 0 Å². The topological polar surface area (TPSA) is 21.3 Å². The molecule has 0 aliphatic carbocycles. The number of rotatable bonds is 6. The molecular formula is C16H24ClNO. The summed E-state index contributed by atoms with van der Waals surface area (Å²) in [6.07, 6.45) is 2.11. The van der Waals surface area contributed by atoms with Crippen LogP contribution in [0.2, 0.25) is 5.02 Å². The predicted molar refractivity (Wildman–Crippen MR) is 80.7 cm³/mol. The molecule has 1 heterocycles. The fourth-order valence-electron chi connectivity index (χ4n) is 2.66. The highest BCUT2D eigenvalue weighted by Crippen LogP contribution is 2.34. The first-order valence-corrected chi connectivity index (χ1v) is 7.51. The molecule has 3 heteroatoms. The van der Waals surface area contributed by atoms with Crippen molar-refractivity contribution in [2.45, 2.75) is 26.7 Å². The second kappa shape index (κ2) is 6.74. The van der Waals surface area contributed by atoms with Gasteiger partial charge in [-0.25, -0.2) is 0 Å². The molecule has 0 amide bonds. The van der Waals surface area contributed by atoms with Crippen molar-refractivity contribution in [3.8, 4) is 0 Å². The van der Waals surface area contributed by atoms with Crippen LogP contribution in [0.5, 0.6) is 0 Å². The van der Waals surface area contributed by atoms with E-state index in [1.165, 1.54) is 5.56 Å². The average molecular weight is 282 g/mol. The average Bonchev–Trinajstić information content (AvgIpc) is 2.81. The van der Waals surface area contributed by atoms with Crippen LogP contribution >= 0.6 is 11.6 Å². The van der Waals surface area contributed by atoms with Gasteiger partial charge in [0.1, 0.15) is 0 Å². The Kier molecular flexibility index (Phi) is 5.26. The third-order valence-corrected chi connectivity index (χ3v) is 4.13. The monoisotopic (exact) mass is 281 g/mol. The third kappa shape index (κ3) is 4.20. The lowest BCUT2D eigenvalue weighted by Crippen LogP contribution is -2.38. The lowest BCUT2D eigenvalue weighted by Gasteiger charge is -2.28. The Morgan fingerprint density at radius 3 is 2.79 bits per heavy atom. The van der Waals surface area contributed by atoms with Gasteiger partial charge in [0.15, 0.2) is 0 Å². The van der Waals surface area contributed by atoms with Crippen molar-refractivity contribution >= 4 is 11.6 Å². The van der Waals surface area contributed by atoms with E-state index in [0.29, 0.717) is 5.92 Å². The molecule has 1 N–H and O–H groups in total. The summed E-state index contributed by atoms with van der Waals surface area (Å²) < 4.78 is 5.65. The quantitative estimate of drug-likeness (QED) is 0.861. The molecule has 2 nitrogen and oxygen atoms in total. The second-order valence-corrected chi connectivity index (χ2v) is 6.50. The molecule has 1 aliphatic heterocycles. The van der Waals surface area contributed by atoms with Crippen LogP contribution in [-0.4, -0.2) is 26.3 Å². The minimum atomic E-state index is 0.208. The molecule has 1 atom stereocenters. The van der Waals surface area contributed by atoms with Crippen LogP contribution in [0.25, 0.3) is 0 Å². The molecule has 0 radical (unpaired) electrons. The van der Waals surface area contributed by atoms with E-state index in [4.69, 9.17) is 16.3 Å². The van der Waals surface area contributed by atoms with Crippen LogP contribution in [0.1, 0.15) is 25.8 Å². The Morgan fingerprint density at radius 1 is 1.37 bits per heavy atom. The molecule has 2 rings (SSSR count). The van der Waals surface area contributed by atoms with E-state index in [1.54, 1.807) is 0 Å². The van der Waals surface area contributed by atoms with Crippen LogP contribution < -0.4 is 5.32 Å². The molecule has 1 saturated heterocycles. The third-order valence-electron chi connectivity index (χ3n) is 3.76. The Balaban J connectivity index is 2.01. The van der Waals surface area contributed by atoms with E-state index in [9.17, 15) is 0 Å². The standard InChI is InChI=1S/C16H24ClNO/c1-13(2)10-18-11-16(7-8-19-12-16)9-14-5-3-4-6-15(14)17/h3-6,13,18H,7-12H2,1-2H3. The fraction of sp³-hybridized carbons (Fsp3) is 0.625. The molecule has 106 valence electrons. The first-order chi connectivity index (χ1) is 9.11. The minimum Gasteiger partial charge on any atom is -0.381 e. The summed E-state index contributed by atoms with van der Waals surface area (Å²) in [5, 5.41) is 4.46. The van der Waals surface area contributed by atoms with Crippen molar-refractivity contribution in [1.29, 1.82) is 0 Å². The minimum absolute atomic E-state index is 0.208. The van der Waals surface area contributed by atoms with Crippen LogP contribution in [0.15, 0.2) is 24.3 Å². The summed E-state index contributed by atoms with van der Waals surface area (Å²) in [6, 6.07) is 8.15. The Labute approximate surface area is 121 Å². The van der Waals surface area contributed by atoms with Crippen molar-refractivity contribution < 1.29 is 4.74 Å².